The molecule has 1 saturated heterocycles. The SMILES string of the molecule is C[C@H]1CN(c2c([N+](=O)[O-])cnc3ccccc23)CCN1. The summed E-state index contributed by atoms with van der Waals surface area (Å²) in [7, 11) is 0. The van der Waals surface area contributed by atoms with Gasteiger partial charge in [0.05, 0.1) is 10.4 Å². The molecule has 0 amide bonds. The van der Waals surface area contributed by atoms with Gasteiger partial charge in [-0.1, -0.05) is 18.2 Å². The summed E-state index contributed by atoms with van der Waals surface area (Å²) in [5.74, 6) is 0. The van der Waals surface area contributed by atoms with E-state index in [9.17, 15) is 10.1 Å². The zero-order chi connectivity index (χ0) is 14.1. The first-order valence-electron chi connectivity index (χ1n) is 6.67. The van der Waals surface area contributed by atoms with E-state index in [0.717, 1.165) is 30.5 Å². The van der Waals surface area contributed by atoms with Gasteiger partial charge in [-0.05, 0) is 13.0 Å². The molecule has 3 rings (SSSR count). The summed E-state index contributed by atoms with van der Waals surface area (Å²) in [4.78, 5) is 17.2. The highest BCUT2D eigenvalue weighted by Gasteiger charge is 2.26. The van der Waals surface area contributed by atoms with Crippen LogP contribution in [0.1, 0.15) is 6.92 Å². The van der Waals surface area contributed by atoms with Crippen LogP contribution in [0.15, 0.2) is 30.5 Å². The summed E-state index contributed by atoms with van der Waals surface area (Å²) in [5.41, 5.74) is 1.56. The third-order valence-corrected chi connectivity index (χ3v) is 3.61. The van der Waals surface area contributed by atoms with Crippen LogP contribution in [0.3, 0.4) is 0 Å². The highest BCUT2D eigenvalue weighted by atomic mass is 16.6. The van der Waals surface area contributed by atoms with Gasteiger partial charge in [0.1, 0.15) is 11.9 Å². The number of nitro groups is 1. The van der Waals surface area contributed by atoms with Gasteiger partial charge >= 0.3 is 5.69 Å². The normalized spacial score (nSPS) is 19.2. The first-order chi connectivity index (χ1) is 9.66. The average Bonchev–Trinajstić information content (AvgIpc) is 2.46. The first-order valence-corrected chi connectivity index (χ1v) is 6.67. The van der Waals surface area contributed by atoms with Crippen molar-refractivity contribution in [2.45, 2.75) is 13.0 Å². The Labute approximate surface area is 116 Å². The van der Waals surface area contributed by atoms with Crippen LogP contribution in [0, 0.1) is 10.1 Å². The van der Waals surface area contributed by atoms with Crippen molar-refractivity contribution in [3.63, 3.8) is 0 Å². The third kappa shape index (κ3) is 2.18. The van der Waals surface area contributed by atoms with E-state index in [4.69, 9.17) is 0 Å². The van der Waals surface area contributed by atoms with Gasteiger partial charge in [0.2, 0.25) is 0 Å². The molecular weight excluding hydrogens is 256 g/mol. The minimum absolute atomic E-state index is 0.0813. The molecule has 1 aliphatic heterocycles. The maximum Gasteiger partial charge on any atom is 0.311 e. The van der Waals surface area contributed by atoms with Crippen molar-refractivity contribution in [1.82, 2.24) is 10.3 Å². The number of benzene rings is 1. The fraction of sp³-hybridized carbons (Fsp3) is 0.357. The standard InChI is InChI=1S/C14H16N4O2/c1-10-9-17(7-6-15-10)14-11-4-2-3-5-12(11)16-8-13(14)18(19)20/h2-5,8,10,15H,6-7,9H2,1H3/t10-/m0/s1. The minimum atomic E-state index is -0.346. The van der Waals surface area contributed by atoms with Gasteiger partial charge in [0, 0.05) is 31.1 Å². The van der Waals surface area contributed by atoms with E-state index in [-0.39, 0.29) is 10.6 Å². The molecular formula is C14H16N4O2. The predicted molar refractivity (Wildman–Crippen MR) is 78.1 cm³/mol. The van der Waals surface area contributed by atoms with Crippen molar-refractivity contribution in [2.75, 3.05) is 24.5 Å². The van der Waals surface area contributed by atoms with E-state index in [0.29, 0.717) is 11.7 Å². The first kappa shape index (κ1) is 12.8. The second kappa shape index (κ2) is 5.05. The molecule has 0 bridgehead atoms. The number of hydrogen-bond acceptors (Lipinski definition) is 5. The number of anilines is 1. The Morgan fingerprint density at radius 2 is 2.25 bits per heavy atom. The van der Waals surface area contributed by atoms with Crippen molar-refractivity contribution in [3.05, 3.63) is 40.6 Å². The maximum absolute atomic E-state index is 11.3. The lowest BCUT2D eigenvalue weighted by atomic mass is 10.1. The van der Waals surface area contributed by atoms with Gasteiger partial charge in [-0.3, -0.25) is 10.1 Å². The van der Waals surface area contributed by atoms with E-state index in [2.05, 4.69) is 22.1 Å². The average molecular weight is 272 g/mol. The Balaban J connectivity index is 2.19. The molecule has 0 aliphatic carbocycles. The van der Waals surface area contributed by atoms with E-state index in [1.54, 1.807) is 0 Å². The van der Waals surface area contributed by atoms with Crippen molar-refractivity contribution >= 4 is 22.3 Å². The second-order valence-corrected chi connectivity index (χ2v) is 5.07. The molecule has 1 aliphatic rings. The lowest BCUT2D eigenvalue weighted by Crippen LogP contribution is -2.49. The molecule has 1 fully saturated rings. The monoisotopic (exact) mass is 272 g/mol. The topological polar surface area (TPSA) is 71.3 Å². The van der Waals surface area contributed by atoms with Crippen LogP contribution >= 0.6 is 0 Å². The van der Waals surface area contributed by atoms with Crippen molar-refractivity contribution < 1.29 is 4.92 Å². The van der Waals surface area contributed by atoms with Crippen molar-refractivity contribution in [1.29, 1.82) is 0 Å². The number of fused-ring (bicyclic) bond motifs is 1. The quantitative estimate of drug-likeness (QED) is 0.668. The number of para-hydroxylation sites is 1. The smallest absolute Gasteiger partial charge is 0.311 e. The Hall–Kier alpha value is -2.21. The van der Waals surface area contributed by atoms with Crippen LogP contribution in [0.4, 0.5) is 11.4 Å². The molecule has 1 aromatic carbocycles. The summed E-state index contributed by atoms with van der Waals surface area (Å²) in [6.07, 6.45) is 1.37. The van der Waals surface area contributed by atoms with Gasteiger partial charge < -0.3 is 10.2 Å². The molecule has 1 aromatic heterocycles. The van der Waals surface area contributed by atoms with E-state index in [1.165, 1.54) is 6.20 Å². The van der Waals surface area contributed by atoms with Crippen LogP contribution in [-0.4, -0.2) is 35.6 Å². The van der Waals surface area contributed by atoms with Crippen molar-refractivity contribution in [3.8, 4) is 0 Å². The maximum atomic E-state index is 11.3. The number of piperazine rings is 1. The van der Waals surface area contributed by atoms with Crippen LogP contribution in [0.25, 0.3) is 10.9 Å². The Kier molecular flexibility index (Phi) is 3.23. The Morgan fingerprint density at radius 1 is 1.45 bits per heavy atom. The molecule has 0 saturated carbocycles. The second-order valence-electron chi connectivity index (χ2n) is 5.07. The van der Waals surface area contributed by atoms with Crippen LogP contribution in [0.2, 0.25) is 0 Å². The van der Waals surface area contributed by atoms with Gasteiger partial charge in [-0.2, -0.15) is 0 Å². The molecule has 6 nitrogen and oxygen atoms in total. The molecule has 20 heavy (non-hydrogen) atoms. The molecule has 2 aromatic rings. The van der Waals surface area contributed by atoms with Gasteiger partial charge in [0.15, 0.2) is 0 Å². The number of pyridine rings is 1. The Morgan fingerprint density at radius 3 is 3.00 bits per heavy atom. The molecule has 104 valence electrons. The lowest BCUT2D eigenvalue weighted by Gasteiger charge is -2.33. The summed E-state index contributed by atoms with van der Waals surface area (Å²) in [6, 6.07) is 7.88. The fourth-order valence-electron chi connectivity index (χ4n) is 2.72. The molecule has 0 radical (unpaired) electrons. The number of nitrogens with zero attached hydrogens (tertiary/aromatic N) is 3. The van der Waals surface area contributed by atoms with Gasteiger partial charge in [-0.15, -0.1) is 0 Å². The van der Waals surface area contributed by atoms with Gasteiger partial charge in [0.25, 0.3) is 0 Å². The van der Waals surface area contributed by atoms with E-state index in [1.807, 2.05) is 24.3 Å². The molecule has 0 spiro atoms. The third-order valence-electron chi connectivity index (χ3n) is 3.61. The Bertz CT molecular complexity index is 659. The molecule has 2 heterocycles. The molecule has 1 N–H and O–H groups in total. The van der Waals surface area contributed by atoms with E-state index >= 15 is 0 Å². The summed E-state index contributed by atoms with van der Waals surface area (Å²) >= 11 is 0. The number of nitrogens with one attached hydrogen (secondary N) is 1. The highest BCUT2D eigenvalue weighted by molar-refractivity contribution is 5.96. The number of hydrogen-bond donors (Lipinski definition) is 1. The number of rotatable bonds is 2. The van der Waals surface area contributed by atoms with Crippen LogP contribution < -0.4 is 10.2 Å². The largest absolute Gasteiger partial charge is 0.363 e. The zero-order valence-corrected chi connectivity index (χ0v) is 11.2. The predicted octanol–water partition coefficient (Wildman–Crippen LogP) is 1.94. The van der Waals surface area contributed by atoms with Crippen LogP contribution in [0.5, 0.6) is 0 Å². The lowest BCUT2D eigenvalue weighted by molar-refractivity contribution is -0.384. The summed E-state index contributed by atoms with van der Waals surface area (Å²) in [5, 5.41) is 15.5. The number of aromatic nitrogens is 1. The summed E-state index contributed by atoms with van der Waals surface area (Å²) in [6.45, 7) is 4.43. The minimum Gasteiger partial charge on any atom is -0.363 e. The summed E-state index contributed by atoms with van der Waals surface area (Å²) < 4.78 is 0. The van der Waals surface area contributed by atoms with Crippen molar-refractivity contribution in [2.24, 2.45) is 0 Å². The fourth-order valence-corrected chi connectivity index (χ4v) is 2.72. The highest BCUT2D eigenvalue weighted by Crippen LogP contribution is 2.35. The zero-order valence-electron chi connectivity index (χ0n) is 11.2. The molecule has 6 heteroatoms. The van der Waals surface area contributed by atoms with Gasteiger partial charge in [-0.25, -0.2) is 4.98 Å². The molecule has 1 atom stereocenters. The van der Waals surface area contributed by atoms with E-state index < -0.39 is 0 Å². The van der Waals surface area contributed by atoms with Crippen LogP contribution in [-0.2, 0) is 0 Å². The molecule has 0 unspecified atom stereocenters.